The van der Waals surface area contributed by atoms with Crippen LogP contribution in [0.4, 0.5) is 8.78 Å². The number of hydrogen-bond acceptors (Lipinski definition) is 1. The summed E-state index contributed by atoms with van der Waals surface area (Å²) in [6, 6.07) is 2.46. The number of benzene rings is 1. The van der Waals surface area contributed by atoms with Crippen molar-refractivity contribution in [3.8, 4) is 0 Å². The first-order chi connectivity index (χ1) is 6.85. The highest BCUT2D eigenvalue weighted by Crippen LogP contribution is 2.26. The van der Waals surface area contributed by atoms with Crippen molar-refractivity contribution in [2.45, 2.75) is 20.3 Å². The topological polar surface area (TPSA) is 20.2 Å². The molecule has 4 heteroatoms. The Labute approximate surface area is 96.2 Å². The smallest absolute Gasteiger partial charge is 0.130 e. The number of aliphatic hydroxyl groups is 1. The van der Waals surface area contributed by atoms with Crippen molar-refractivity contribution in [1.29, 1.82) is 0 Å². The van der Waals surface area contributed by atoms with Crippen molar-refractivity contribution < 1.29 is 13.9 Å². The molecule has 0 atom stereocenters. The predicted molar refractivity (Wildman–Crippen MR) is 58.6 cm³/mol. The first kappa shape index (κ1) is 12.6. The van der Waals surface area contributed by atoms with Gasteiger partial charge in [0.1, 0.15) is 11.6 Å². The molecule has 0 aliphatic rings. The minimum absolute atomic E-state index is 0.0252. The molecule has 15 heavy (non-hydrogen) atoms. The Morgan fingerprint density at radius 3 is 2.13 bits per heavy atom. The second-order valence-corrected chi connectivity index (χ2v) is 5.26. The standard InChI is InChI=1S/C11H13BrF2O/c1-11(2,6-15)5-8-9(13)3-7(12)4-10(8)14/h3-4,15H,5-6H2,1-2H3. The van der Waals surface area contributed by atoms with Crippen LogP contribution in [0.2, 0.25) is 0 Å². The van der Waals surface area contributed by atoms with Crippen molar-refractivity contribution in [3.63, 3.8) is 0 Å². The van der Waals surface area contributed by atoms with Crippen LogP contribution in [-0.4, -0.2) is 11.7 Å². The molecule has 0 aliphatic carbocycles. The lowest BCUT2D eigenvalue weighted by atomic mass is 9.86. The van der Waals surface area contributed by atoms with Crippen LogP contribution in [0.3, 0.4) is 0 Å². The summed E-state index contributed by atoms with van der Waals surface area (Å²) in [7, 11) is 0. The maximum atomic E-state index is 13.4. The second-order valence-electron chi connectivity index (χ2n) is 4.35. The molecule has 0 spiro atoms. The van der Waals surface area contributed by atoms with E-state index in [9.17, 15) is 8.78 Å². The minimum Gasteiger partial charge on any atom is -0.396 e. The van der Waals surface area contributed by atoms with Gasteiger partial charge in [-0.2, -0.15) is 0 Å². The molecular formula is C11H13BrF2O. The summed E-state index contributed by atoms with van der Waals surface area (Å²) in [5, 5.41) is 9.04. The van der Waals surface area contributed by atoms with E-state index in [0.29, 0.717) is 4.47 Å². The van der Waals surface area contributed by atoms with E-state index in [1.54, 1.807) is 13.8 Å². The monoisotopic (exact) mass is 278 g/mol. The van der Waals surface area contributed by atoms with E-state index in [1.807, 2.05) is 0 Å². The zero-order valence-electron chi connectivity index (χ0n) is 8.65. The van der Waals surface area contributed by atoms with Crippen LogP contribution >= 0.6 is 15.9 Å². The zero-order chi connectivity index (χ0) is 11.6. The molecule has 1 N–H and O–H groups in total. The fourth-order valence-electron chi connectivity index (χ4n) is 1.28. The summed E-state index contributed by atoms with van der Waals surface area (Å²) in [6.07, 6.45) is 0.175. The number of halogens is 3. The average molecular weight is 279 g/mol. The number of rotatable bonds is 3. The zero-order valence-corrected chi connectivity index (χ0v) is 10.2. The second kappa shape index (κ2) is 4.58. The molecule has 1 nitrogen and oxygen atoms in total. The SMILES string of the molecule is CC(C)(CO)Cc1c(F)cc(Br)cc1F. The van der Waals surface area contributed by atoms with Gasteiger partial charge < -0.3 is 5.11 Å². The van der Waals surface area contributed by atoms with Crippen molar-refractivity contribution in [1.82, 2.24) is 0 Å². The Morgan fingerprint density at radius 1 is 1.27 bits per heavy atom. The van der Waals surface area contributed by atoms with E-state index in [0.717, 1.165) is 0 Å². The molecule has 0 heterocycles. The Hall–Kier alpha value is -0.480. The number of hydrogen-bond donors (Lipinski definition) is 1. The van der Waals surface area contributed by atoms with Gasteiger partial charge in [0.25, 0.3) is 0 Å². The van der Waals surface area contributed by atoms with Crippen LogP contribution in [0.1, 0.15) is 19.4 Å². The molecule has 0 aliphatic heterocycles. The van der Waals surface area contributed by atoms with Gasteiger partial charge in [0.05, 0.1) is 0 Å². The van der Waals surface area contributed by atoms with Gasteiger partial charge in [-0.25, -0.2) is 8.78 Å². The van der Waals surface area contributed by atoms with E-state index in [2.05, 4.69) is 15.9 Å². The van der Waals surface area contributed by atoms with Crippen LogP contribution in [0.15, 0.2) is 16.6 Å². The van der Waals surface area contributed by atoms with Crippen LogP contribution in [0.5, 0.6) is 0 Å². The minimum atomic E-state index is -0.580. The van der Waals surface area contributed by atoms with Crippen LogP contribution < -0.4 is 0 Å². The maximum absolute atomic E-state index is 13.4. The lowest BCUT2D eigenvalue weighted by Crippen LogP contribution is -2.21. The van der Waals surface area contributed by atoms with E-state index in [1.165, 1.54) is 12.1 Å². The summed E-state index contributed by atoms with van der Waals surface area (Å²) in [6.45, 7) is 3.41. The van der Waals surface area contributed by atoms with Gasteiger partial charge in [-0.1, -0.05) is 29.8 Å². The van der Waals surface area contributed by atoms with Gasteiger partial charge in [0.15, 0.2) is 0 Å². The largest absolute Gasteiger partial charge is 0.396 e. The number of aliphatic hydroxyl groups excluding tert-OH is 1. The summed E-state index contributed by atoms with van der Waals surface area (Å²) < 4.78 is 27.2. The van der Waals surface area contributed by atoms with E-state index < -0.39 is 17.0 Å². The molecule has 0 saturated heterocycles. The molecule has 84 valence electrons. The molecule has 0 amide bonds. The van der Waals surface area contributed by atoms with Crippen molar-refractivity contribution in [2.75, 3.05) is 6.61 Å². The highest BCUT2D eigenvalue weighted by Gasteiger charge is 2.22. The summed E-state index contributed by atoms with van der Waals surface area (Å²) in [5.74, 6) is -1.16. The molecule has 1 rings (SSSR count). The molecule has 0 saturated carbocycles. The van der Waals surface area contributed by atoms with Gasteiger partial charge in [0.2, 0.25) is 0 Å². The van der Waals surface area contributed by atoms with Gasteiger partial charge in [-0.3, -0.25) is 0 Å². The van der Waals surface area contributed by atoms with E-state index in [4.69, 9.17) is 5.11 Å². The Balaban J connectivity index is 3.05. The highest BCUT2D eigenvalue weighted by molar-refractivity contribution is 9.10. The lowest BCUT2D eigenvalue weighted by Gasteiger charge is -2.22. The summed E-state index contributed by atoms with van der Waals surface area (Å²) >= 11 is 3.01. The molecule has 0 radical (unpaired) electrons. The quantitative estimate of drug-likeness (QED) is 0.900. The molecule has 0 aromatic heterocycles. The van der Waals surface area contributed by atoms with Gasteiger partial charge in [-0.05, 0) is 24.0 Å². The third-order valence-corrected chi connectivity index (χ3v) is 2.65. The van der Waals surface area contributed by atoms with E-state index in [-0.39, 0.29) is 18.6 Å². The van der Waals surface area contributed by atoms with Gasteiger partial charge in [-0.15, -0.1) is 0 Å². The Kier molecular flexibility index (Phi) is 3.84. The fourth-order valence-corrected chi connectivity index (χ4v) is 1.68. The lowest BCUT2D eigenvalue weighted by molar-refractivity contribution is 0.157. The molecular weight excluding hydrogens is 266 g/mol. The third kappa shape index (κ3) is 3.24. The van der Waals surface area contributed by atoms with Crippen LogP contribution in [0.25, 0.3) is 0 Å². The Bertz CT molecular complexity index is 341. The average Bonchev–Trinajstić information content (AvgIpc) is 2.11. The first-order valence-corrected chi connectivity index (χ1v) is 5.39. The van der Waals surface area contributed by atoms with Gasteiger partial charge >= 0.3 is 0 Å². The summed E-state index contributed by atoms with van der Waals surface area (Å²) in [5.41, 5.74) is -0.493. The van der Waals surface area contributed by atoms with Gasteiger partial charge in [0, 0.05) is 16.6 Å². The molecule has 0 unspecified atom stereocenters. The van der Waals surface area contributed by atoms with Crippen molar-refractivity contribution in [3.05, 3.63) is 33.8 Å². The molecule has 0 bridgehead atoms. The van der Waals surface area contributed by atoms with Crippen LogP contribution in [-0.2, 0) is 6.42 Å². The summed E-state index contributed by atoms with van der Waals surface area (Å²) in [4.78, 5) is 0. The van der Waals surface area contributed by atoms with Crippen molar-refractivity contribution >= 4 is 15.9 Å². The molecule has 1 aromatic carbocycles. The predicted octanol–water partition coefficient (Wildman–Crippen LogP) is 3.29. The molecule has 1 aromatic rings. The van der Waals surface area contributed by atoms with E-state index >= 15 is 0 Å². The molecule has 0 fully saturated rings. The first-order valence-electron chi connectivity index (χ1n) is 4.60. The van der Waals surface area contributed by atoms with Crippen LogP contribution in [0, 0.1) is 17.0 Å². The highest BCUT2D eigenvalue weighted by atomic mass is 79.9. The normalized spacial score (nSPS) is 11.9. The third-order valence-electron chi connectivity index (χ3n) is 2.19. The maximum Gasteiger partial charge on any atom is 0.130 e. The fraction of sp³-hybridized carbons (Fsp3) is 0.455. The Morgan fingerprint density at radius 2 is 1.73 bits per heavy atom. The van der Waals surface area contributed by atoms with Crippen molar-refractivity contribution in [2.24, 2.45) is 5.41 Å².